The molecule has 5 nitrogen and oxygen atoms in total. The van der Waals surface area contributed by atoms with E-state index in [1.807, 2.05) is 36.1 Å². The highest BCUT2D eigenvalue weighted by Gasteiger charge is 2.25. The summed E-state index contributed by atoms with van der Waals surface area (Å²) in [6.07, 6.45) is 4.30. The predicted molar refractivity (Wildman–Crippen MR) is 89.6 cm³/mol. The average molecular weight is 324 g/mol. The number of fused-ring (bicyclic) bond motifs is 1. The molecule has 1 aliphatic heterocycles. The summed E-state index contributed by atoms with van der Waals surface area (Å²) in [5.41, 5.74) is 4.53. The van der Waals surface area contributed by atoms with E-state index in [1.54, 1.807) is 6.20 Å². The van der Waals surface area contributed by atoms with Crippen molar-refractivity contribution in [1.82, 2.24) is 9.88 Å². The van der Waals surface area contributed by atoms with E-state index in [0.29, 0.717) is 31.5 Å². The van der Waals surface area contributed by atoms with Crippen molar-refractivity contribution in [3.05, 3.63) is 64.5 Å². The van der Waals surface area contributed by atoms with Crippen LogP contribution in [0.3, 0.4) is 0 Å². The maximum Gasteiger partial charge on any atom is 0.339 e. The van der Waals surface area contributed by atoms with E-state index in [-0.39, 0.29) is 11.9 Å². The summed E-state index contributed by atoms with van der Waals surface area (Å²) in [7, 11) is 1.36. The standard InChI is InChI=1S/C19H20N2O3/c1-13-4-3-5-14(8-13)9-18(22)21-7-6-16-15(12-21)10-20-11-17(16)19(23)24-2/h3-5,8,10-11H,6-7,9,12H2,1-2H3. The molecule has 124 valence electrons. The summed E-state index contributed by atoms with van der Waals surface area (Å²) in [6, 6.07) is 7.99. The van der Waals surface area contributed by atoms with E-state index in [0.717, 1.165) is 22.3 Å². The molecule has 2 aromatic rings. The number of ether oxygens (including phenoxy) is 1. The first-order chi connectivity index (χ1) is 11.6. The zero-order chi connectivity index (χ0) is 17.1. The first kappa shape index (κ1) is 16.2. The molecule has 0 saturated carbocycles. The van der Waals surface area contributed by atoms with Gasteiger partial charge in [0.15, 0.2) is 0 Å². The molecule has 0 bridgehead atoms. The Hall–Kier alpha value is -2.69. The van der Waals surface area contributed by atoms with Gasteiger partial charge in [0, 0.05) is 25.5 Å². The molecule has 0 radical (unpaired) electrons. The number of nitrogens with zero attached hydrogens (tertiary/aromatic N) is 2. The number of hydrogen-bond acceptors (Lipinski definition) is 4. The second-order valence-electron chi connectivity index (χ2n) is 6.05. The van der Waals surface area contributed by atoms with Crippen LogP contribution in [0, 0.1) is 6.92 Å². The van der Waals surface area contributed by atoms with E-state index in [1.165, 1.54) is 13.3 Å². The molecule has 0 N–H and O–H groups in total. The maximum absolute atomic E-state index is 12.6. The summed E-state index contributed by atoms with van der Waals surface area (Å²) < 4.78 is 4.81. The van der Waals surface area contributed by atoms with Gasteiger partial charge in [0.25, 0.3) is 0 Å². The highest BCUT2D eigenvalue weighted by atomic mass is 16.5. The molecule has 0 unspecified atom stereocenters. The van der Waals surface area contributed by atoms with E-state index in [4.69, 9.17) is 4.74 Å². The van der Waals surface area contributed by atoms with Crippen molar-refractivity contribution in [2.75, 3.05) is 13.7 Å². The zero-order valence-corrected chi connectivity index (χ0v) is 13.9. The Morgan fingerprint density at radius 3 is 2.88 bits per heavy atom. The summed E-state index contributed by atoms with van der Waals surface area (Å²) in [5.74, 6) is -0.284. The van der Waals surface area contributed by atoms with Crippen molar-refractivity contribution in [3.8, 4) is 0 Å². The number of methoxy groups -OCH3 is 1. The van der Waals surface area contributed by atoms with Gasteiger partial charge in [0.05, 0.1) is 19.1 Å². The smallest absolute Gasteiger partial charge is 0.339 e. The highest BCUT2D eigenvalue weighted by molar-refractivity contribution is 5.91. The first-order valence-corrected chi connectivity index (χ1v) is 7.96. The number of amides is 1. The minimum atomic E-state index is -0.376. The first-order valence-electron chi connectivity index (χ1n) is 7.96. The largest absolute Gasteiger partial charge is 0.465 e. The van der Waals surface area contributed by atoms with E-state index in [2.05, 4.69) is 4.98 Å². The summed E-state index contributed by atoms with van der Waals surface area (Å²) in [4.78, 5) is 30.4. The van der Waals surface area contributed by atoms with Crippen LogP contribution in [-0.4, -0.2) is 35.4 Å². The number of esters is 1. The molecule has 0 spiro atoms. The van der Waals surface area contributed by atoms with Crippen LogP contribution in [-0.2, 0) is 28.9 Å². The second kappa shape index (κ2) is 6.83. The van der Waals surface area contributed by atoms with Gasteiger partial charge < -0.3 is 9.64 Å². The number of carbonyl (C=O) groups is 2. The number of aromatic nitrogens is 1. The Morgan fingerprint density at radius 1 is 1.29 bits per heavy atom. The van der Waals surface area contributed by atoms with Crippen molar-refractivity contribution in [1.29, 1.82) is 0 Å². The fraction of sp³-hybridized carbons (Fsp3) is 0.316. The van der Waals surface area contributed by atoms with Crippen LogP contribution < -0.4 is 0 Å². The Labute approximate surface area is 141 Å². The number of carbonyl (C=O) groups excluding carboxylic acids is 2. The molecule has 1 aliphatic rings. The Balaban J connectivity index is 1.75. The van der Waals surface area contributed by atoms with Gasteiger partial charge in [0.1, 0.15) is 0 Å². The molecule has 0 fully saturated rings. The summed E-state index contributed by atoms with van der Waals surface area (Å²) in [6.45, 7) is 3.11. The molecular weight excluding hydrogens is 304 g/mol. The average Bonchev–Trinajstić information content (AvgIpc) is 2.60. The minimum absolute atomic E-state index is 0.0923. The van der Waals surface area contributed by atoms with Crippen molar-refractivity contribution in [3.63, 3.8) is 0 Å². The zero-order valence-electron chi connectivity index (χ0n) is 13.9. The number of benzene rings is 1. The van der Waals surface area contributed by atoms with Crippen molar-refractivity contribution < 1.29 is 14.3 Å². The number of rotatable bonds is 3. The molecule has 0 saturated heterocycles. The van der Waals surface area contributed by atoms with Crippen LogP contribution in [0.4, 0.5) is 0 Å². The van der Waals surface area contributed by atoms with Crippen molar-refractivity contribution in [2.24, 2.45) is 0 Å². The normalized spacial score (nSPS) is 13.3. The second-order valence-corrected chi connectivity index (χ2v) is 6.05. The molecule has 2 heterocycles. The molecule has 0 aliphatic carbocycles. The van der Waals surface area contributed by atoms with Crippen LogP contribution >= 0.6 is 0 Å². The van der Waals surface area contributed by atoms with E-state index >= 15 is 0 Å². The third kappa shape index (κ3) is 3.30. The van der Waals surface area contributed by atoms with Gasteiger partial charge in [-0.25, -0.2) is 4.79 Å². The fourth-order valence-electron chi connectivity index (χ4n) is 3.10. The van der Waals surface area contributed by atoms with Gasteiger partial charge in [-0.05, 0) is 30.0 Å². The lowest BCUT2D eigenvalue weighted by molar-refractivity contribution is -0.131. The van der Waals surface area contributed by atoms with Gasteiger partial charge in [-0.1, -0.05) is 29.8 Å². The molecule has 3 rings (SSSR count). The lowest BCUT2D eigenvalue weighted by Gasteiger charge is -2.29. The van der Waals surface area contributed by atoms with Gasteiger partial charge >= 0.3 is 5.97 Å². The lowest BCUT2D eigenvalue weighted by Crippen LogP contribution is -2.37. The van der Waals surface area contributed by atoms with Gasteiger partial charge in [-0.3, -0.25) is 9.78 Å². The molecule has 24 heavy (non-hydrogen) atoms. The van der Waals surface area contributed by atoms with Crippen LogP contribution in [0.25, 0.3) is 0 Å². The third-order valence-electron chi connectivity index (χ3n) is 4.34. The number of aryl methyl sites for hydroxylation is 1. The topological polar surface area (TPSA) is 59.5 Å². The summed E-state index contributed by atoms with van der Waals surface area (Å²) >= 11 is 0. The predicted octanol–water partition coefficient (Wildman–Crippen LogP) is 2.30. The number of hydrogen-bond donors (Lipinski definition) is 0. The van der Waals surface area contributed by atoms with Gasteiger partial charge in [0.2, 0.25) is 5.91 Å². The fourth-order valence-corrected chi connectivity index (χ4v) is 3.10. The molecular formula is C19H20N2O3. The SMILES string of the molecule is COC(=O)c1cncc2c1CCN(C(=O)Cc1cccc(C)c1)C2. The van der Waals surface area contributed by atoms with E-state index < -0.39 is 0 Å². The molecule has 1 aromatic carbocycles. The molecule has 1 aromatic heterocycles. The monoisotopic (exact) mass is 324 g/mol. The number of pyridine rings is 1. The molecule has 5 heteroatoms. The highest BCUT2D eigenvalue weighted by Crippen LogP contribution is 2.23. The quantitative estimate of drug-likeness (QED) is 0.813. The van der Waals surface area contributed by atoms with Crippen LogP contribution in [0.5, 0.6) is 0 Å². The summed E-state index contributed by atoms with van der Waals surface area (Å²) in [5, 5.41) is 0. The minimum Gasteiger partial charge on any atom is -0.465 e. The molecule has 1 amide bonds. The third-order valence-corrected chi connectivity index (χ3v) is 4.34. The van der Waals surface area contributed by atoms with Crippen molar-refractivity contribution in [2.45, 2.75) is 26.3 Å². The molecule has 0 atom stereocenters. The Bertz CT molecular complexity index is 786. The van der Waals surface area contributed by atoms with E-state index in [9.17, 15) is 9.59 Å². The Morgan fingerprint density at radius 2 is 2.12 bits per heavy atom. The van der Waals surface area contributed by atoms with Gasteiger partial charge in [-0.2, -0.15) is 0 Å². The van der Waals surface area contributed by atoms with Crippen LogP contribution in [0.1, 0.15) is 32.6 Å². The van der Waals surface area contributed by atoms with Crippen molar-refractivity contribution >= 4 is 11.9 Å². The van der Waals surface area contributed by atoms with Crippen LogP contribution in [0.15, 0.2) is 36.7 Å². The van der Waals surface area contributed by atoms with Gasteiger partial charge in [-0.15, -0.1) is 0 Å². The maximum atomic E-state index is 12.6. The lowest BCUT2D eigenvalue weighted by atomic mass is 9.96. The van der Waals surface area contributed by atoms with Crippen LogP contribution in [0.2, 0.25) is 0 Å². The Kier molecular flexibility index (Phi) is 4.60.